The van der Waals surface area contributed by atoms with E-state index in [4.69, 9.17) is 4.74 Å². The standard InChI is InChI=1S/C23H31N3O2/c1-18-5-4-6-20(15-18)17-25-11-13-26(14-12-25)23(27)24-10-9-21-16-19(2)7-8-22(21)28-3/h4-8,15-16H,9-14,17H2,1-3H3,(H,24,27). The Hall–Kier alpha value is -2.53. The van der Waals surface area contributed by atoms with Crippen LogP contribution in [0.1, 0.15) is 22.3 Å². The Balaban J connectivity index is 1.42. The number of ether oxygens (including phenoxy) is 1. The van der Waals surface area contributed by atoms with Crippen LogP contribution in [0, 0.1) is 13.8 Å². The molecule has 0 aliphatic carbocycles. The molecule has 1 N–H and O–H groups in total. The number of carbonyl (C=O) groups is 1. The molecule has 0 aromatic heterocycles. The maximum absolute atomic E-state index is 12.5. The zero-order valence-electron chi connectivity index (χ0n) is 17.2. The molecule has 1 heterocycles. The number of carbonyl (C=O) groups excluding carboxylic acids is 1. The summed E-state index contributed by atoms with van der Waals surface area (Å²) in [5.74, 6) is 0.879. The van der Waals surface area contributed by atoms with Crippen molar-refractivity contribution < 1.29 is 9.53 Å². The minimum atomic E-state index is 0.0295. The van der Waals surface area contributed by atoms with Crippen LogP contribution in [0.5, 0.6) is 5.75 Å². The Labute approximate surface area is 168 Å². The van der Waals surface area contributed by atoms with Gasteiger partial charge in [-0.25, -0.2) is 4.79 Å². The lowest BCUT2D eigenvalue weighted by atomic mass is 10.1. The van der Waals surface area contributed by atoms with Crippen molar-refractivity contribution in [2.45, 2.75) is 26.8 Å². The number of amides is 2. The normalized spacial score (nSPS) is 14.8. The molecule has 0 saturated carbocycles. The molecule has 2 aromatic rings. The van der Waals surface area contributed by atoms with Crippen LogP contribution in [0.2, 0.25) is 0 Å². The number of benzene rings is 2. The van der Waals surface area contributed by atoms with Gasteiger partial charge in [0.15, 0.2) is 0 Å². The summed E-state index contributed by atoms with van der Waals surface area (Å²) in [7, 11) is 1.68. The molecule has 28 heavy (non-hydrogen) atoms. The highest BCUT2D eigenvalue weighted by Gasteiger charge is 2.20. The SMILES string of the molecule is COc1ccc(C)cc1CCNC(=O)N1CCN(Cc2cccc(C)c2)CC1. The van der Waals surface area contributed by atoms with Gasteiger partial charge in [-0.1, -0.05) is 47.5 Å². The molecular weight excluding hydrogens is 350 g/mol. The average Bonchev–Trinajstić information content (AvgIpc) is 2.69. The van der Waals surface area contributed by atoms with E-state index < -0.39 is 0 Å². The first-order chi connectivity index (χ1) is 13.5. The summed E-state index contributed by atoms with van der Waals surface area (Å²) in [6.45, 7) is 9.11. The van der Waals surface area contributed by atoms with Crippen molar-refractivity contribution in [2.75, 3.05) is 39.8 Å². The third-order valence-corrected chi connectivity index (χ3v) is 5.25. The van der Waals surface area contributed by atoms with Crippen LogP contribution in [0.25, 0.3) is 0 Å². The predicted octanol–water partition coefficient (Wildman–Crippen LogP) is 3.38. The second-order valence-corrected chi connectivity index (χ2v) is 7.55. The van der Waals surface area contributed by atoms with E-state index in [1.165, 1.54) is 16.7 Å². The number of aryl methyl sites for hydroxylation is 2. The molecule has 3 rings (SSSR count). The Morgan fingerprint density at radius 3 is 2.50 bits per heavy atom. The maximum Gasteiger partial charge on any atom is 0.317 e. The van der Waals surface area contributed by atoms with E-state index in [0.29, 0.717) is 6.54 Å². The van der Waals surface area contributed by atoms with Gasteiger partial charge in [0.05, 0.1) is 7.11 Å². The molecule has 1 aliphatic rings. The van der Waals surface area contributed by atoms with Crippen LogP contribution < -0.4 is 10.1 Å². The van der Waals surface area contributed by atoms with Gasteiger partial charge in [-0.3, -0.25) is 4.90 Å². The van der Waals surface area contributed by atoms with Gasteiger partial charge in [-0.15, -0.1) is 0 Å². The van der Waals surface area contributed by atoms with E-state index in [0.717, 1.165) is 50.5 Å². The monoisotopic (exact) mass is 381 g/mol. The summed E-state index contributed by atoms with van der Waals surface area (Å²) < 4.78 is 5.41. The van der Waals surface area contributed by atoms with E-state index in [1.807, 2.05) is 17.0 Å². The van der Waals surface area contributed by atoms with Crippen LogP contribution in [0.3, 0.4) is 0 Å². The molecule has 0 atom stereocenters. The summed E-state index contributed by atoms with van der Waals surface area (Å²) in [5, 5.41) is 3.06. The fourth-order valence-electron chi connectivity index (χ4n) is 3.70. The second kappa shape index (κ2) is 9.60. The lowest BCUT2D eigenvalue weighted by Crippen LogP contribution is -2.51. The molecule has 5 nitrogen and oxygen atoms in total. The van der Waals surface area contributed by atoms with Crippen LogP contribution >= 0.6 is 0 Å². The van der Waals surface area contributed by atoms with Crippen LogP contribution in [0.15, 0.2) is 42.5 Å². The number of methoxy groups -OCH3 is 1. The smallest absolute Gasteiger partial charge is 0.317 e. The zero-order valence-corrected chi connectivity index (χ0v) is 17.2. The van der Waals surface area contributed by atoms with Crippen LogP contribution in [0.4, 0.5) is 4.79 Å². The number of piperazine rings is 1. The van der Waals surface area contributed by atoms with Gasteiger partial charge >= 0.3 is 6.03 Å². The van der Waals surface area contributed by atoms with Gasteiger partial charge < -0.3 is 15.0 Å². The third-order valence-electron chi connectivity index (χ3n) is 5.25. The van der Waals surface area contributed by atoms with Gasteiger partial charge in [-0.05, 0) is 37.5 Å². The number of nitrogens with zero attached hydrogens (tertiary/aromatic N) is 2. The van der Waals surface area contributed by atoms with Gasteiger partial charge in [0.1, 0.15) is 5.75 Å². The highest BCUT2D eigenvalue weighted by molar-refractivity contribution is 5.74. The lowest BCUT2D eigenvalue weighted by Gasteiger charge is -2.34. The van der Waals surface area contributed by atoms with Gasteiger partial charge in [0, 0.05) is 39.3 Å². The Morgan fingerprint density at radius 2 is 1.79 bits per heavy atom. The summed E-state index contributed by atoms with van der Waals surface area (Å²) in [6, 6.07) is 14.8. The predicted molar refractivity (Wildman–Crippen MR) is 113 cm³/mol. The number of hydrogen-bond acceptors (Lipinski definition) is 3. The molecular formula is C23H31N3O2. The molecule has 0 spiro atoms. The molecule has 0 bridgehead atoms. The molecule has 2 aromatic carbocycles. The molecule has 5 heteroatoms. The number of nitrogens with one attached hydrogen (secondary N) is 1. The van der Waals surface area contributed by atoms with Crippen molar-refractivity contribution in [1.29, 1.82) is 0 Å². The van der Waals surface area contributed by atoms with Gasteiger partial charge in [0.25, 0.3) is 0 Å². The van der Waals surface area contributed by atoms with E-state index in [1.54, 1.807) is 7.11 Å². The van der Waals surface area contributed by atoms with Gasteiger partial charge in [-0.2, -0.15) is 0 Å². The Bertz CT molecular complexity index is 798. The Morgan fingerprint density at radius 1 is 1.04 bits per heavy atom. The molecule has 150 valence electrons. The largest absolute Gasteiger partial charge is 0.496 e. The molecule has 0 unspecified atom stereocenters. The third kappa shape index (κ3) is 5.49. The number of urea groups is 1. The van der Waals surface area contributed by atoms with Gasteiger partial charge in [0.2, 0.25) is 0 Å². The van der Waals surface area contributed by atoms with E-state index in [-0.39, 0.29) is 6.03 Å². The molecule has 1 aliphatic heterocycles. The fraction of sp³-hybridized carbons (Fsp3) is 0.435. The average molecular weight is 382 g/mol. The van der Waals surface area contributed by atoms with E-state index >= 15 is 0 Å². The van der Waals surface area contributed by atoms with Crippen molar-refractivity contribution in [1.82, 2.24) is 15.1 Å². The Kier molecular flexibility index (Phi) is 6.93. The summed E-state index contributed by atoms with van der Waals surface area (Å²) in [4.78, 5) is 16.8. The fourth-order valence-corrected chi connectivity index (χ4v) is 3.70. The van der Waals surface area contributed by atoms with Crippen molar-refractivity contribution in [3.63, 3.8) is 0 Å². The van der Waals surface area contributed by atoms with Crippen molar-refractivity contribution in [3.05, 3.63) is 64.7 Å². The quantitative estimate of drug-likeness (QED) is 0.834. The zero-order chi connectivity index (χ0) is 19.9. The lowest BCUT2D eigenvalue weighted by molar-refractivity contribution is 0.135. The summed E-state index contributed by atoms with van der Waals surface area (Å²) in [6.07, 6.45) is 0.768. The van der Waals surface area contributed by atoms with Crippen LogP contribution in [-0.4, -0.2) is 55.7 Å². The maximum atomic E-state index is 12.5. The minimum absolute atomic E-state index is 0.0295. The number of rotatable bonds is 6. The number of hydrogen-bond donors (Lipinski definition) is 1. The van der Waals surface area contributed by atoms with E-state index in [9.17, 15) is 4.79 Å². The van der Waals surface area contributed by atoms with Crippen molar-refractivity contribution in [2.24, 2.45) is 0 Å². The summed E-state index contributed by atoms with van der Waals surface area (Å²) >= 11 is 0. The second-order valence-electron chi connectivity index (χ2n) is 7.55. The minimum Gasteiger partial charge on any atom is -0.496 e. The molecule has 1 saturated heterocycles. The van der Waals surface area contributed by atoms with Crippen LogP contribution in [-0.2, 0) is 13.0 Å². The molecule has 0 radical (unpaired) electrons. The highest BCUT2D eigenvalue weighted by Crippen LogP contribution is 2.19. The summed E-state index contributed by atoms with van der Waals surface area (Å²) in [5.41, 5.74) is 4.96. The topological polar surface area (TPSA) is 44.8 Å². The first kappa shape index (κ1) is 20.2. The first-order valence-electron chi connectivity index (χ1n) is 9.99. The van der Waals surface area contributed by atoms with E-state index in [2.05, 4.69) is 54.4 Å². The molecule has 2 amide bonds. The first-order valence-corrected chi connectivity index (χ1v) is 9.99. The highest BCUT2D eigenvalue weighted by atomic mass is 16.5. The molecule has 1 fully saturated rings. The van der Waals surface area contributed by atoms with Crippen molar-refractivity contribution in [3.8, 4) is 5.75 Å². The van der Waals surface area contributed by atoms with Crippen molar-refractivity contribution >= 4 is 6.03 Å².